The Balaban J connectivity index is 1.62. The van der Waals surface area contributed by atoms with E-state index in [1.54, 1.807) is 18.0 Å². The fourth-order valence-electron chi connectivity index (χ4n) is 4.58. The summed E-state index contributed by atoms with van der Waals surface area (Å²) >= 11 is 0. The van der Waals surface area contributed by atoms with Crippen LogP contribution < -0.4 is 9.64 Å². The molecule has 1 aliphatic heterocycles. The Morgan fingerprint density at radius 3 is 2.57 bits per heavy atom. The van der Waals surface area contributed by atoms with Gasteiger partial charge in [0.2, 0.25) is 0 Å². The molecule has 35 heavy (non-hydrogen) atoms. The molecule has 1 saturated heterocycles. The van der Waals surface area contributed by atoms with Crippen LogP contribution in [-0.4, -0.2) is 57.6 Å². The van der Waals surface area contributed by atoms with Gasteiger partial charge in [0.1, 0.15) is 16.9 Å². The summed E-state index contributed by atoms with van der Waals surface area (Å²) in [5.74, 6) is -0.406. The van der Waals surface area contributed by atoms with Crippen LogP contribution in [0.1, 0.15) is 56.0 Å². The third-order valence-electron chi connectivity index (χ3n) is 6.07. The molecular formula is C26H32N4O5. The van der Waals surface area contributed by atoms with Crippen molar-refractivity contribution in [3.63, 3.8) is 0 Å². The maximum Gasteiger partial charge on any atom is 0.339 e. The monoisotopic (exact) mass is 480 g/mol. The summed E-state index contributed by atoms with van der Waals surface area (Å²) in [5, 5.41) is 15.1. The minimum Gasteiger partial charge on any atom is -0.497 e. The summed E-state index contributed by atoms with van der Waals surface area (Å²) in [7, 11) is 1.63. The van der Waals surface area contributed by atoms with Crippen molar-refractivity contribution in [2.75, 3.05) is 25.1 Å². The van der Waals surface area contributed by atoms with Crippen molar-refractivity contribution < 1.29 is 24.2 Å². The minimum absolute atomic E-state index is 0.0813. The highest BCUT2D eigenvalue weighted by Gasteiger charge is 2.29. The second kappa shape index (κ2) is 9.93. The number of aromatic nitrogens is 3. The fraction of sp³-hybridized carbons (Fsp3) is 0.462. The molecule has 1 atom stereocenters. The first-order valence-electron chi connectivity index (χ1n) is 11.8. The molecule has 9 nitrogen and oxygen atoms in total. The molecule has 0 saturated carbocycles. The van der Waals surface area contributed by atoms with Gasteiger partial charge in [-0.3, -0.25) is 4.79 Å². The number of methoxy groups -OCH3 is 1. The molecule has 1 aliphatic rings. The summed E-state index contributed by atoms with van der Waals surface area (Å²) in [6, 6.07) is 7.71. The van der Waals surface area contributed by atoms with Crippen LogP contribution in [0.25, 0.3) is 11.0 Å². The number of carbonyl (C=O) groups excluding carboxylic acids is 1. The van der Waals surface area contributed by atoms with Gasteiger partial charge in [0, 0.05) is 19.3 Å². The Hall–Kier alpha value is -3.62. The van der Waals surface area contributed by atoms with Crippen LogP contribution in [0.5, 0.6) is 5.75 Å². The van der Waals surface area contributed by atoms with Crippen LogP contribution >= 0.6 is 0 Å². The zero-order chi connectivity index (χ0) is 25.2. The molecule has 3 heterocycles. The average molecular weight is 481 g/mol. The van der Waals surface area contributed by atoms with E-state index in [-0.39, 0.29) is 17.5 Å². The van der Waals surface area contributed by atoms with E-state index in [4.69, 9.17) is 9.47 Å². The topological polar surface area (TPSA) is 107 Å². The Bertz CT molecular complexity index is 1210. The third kappa shape index (κ3) is 5.72. The number of fused-ring (bicyclic) bond motifs is 1. The first-order valence-corrected chi connectivity index (χ1v) is 11.8. The molecule has 0 unspecified atom stereocenters. The van der Waals surface area contributed by atoms with Crippen molar-refractivity contribution in [3.05, 3.63) is 47.8 Å². The molecule has 1 fully saturated rings. The lowest BCUT2D eigenvalue weighted by atomic mass is 9.93. The average Bonchev–Trinajstić information content (AvgIpc) is 3.20. The summed E-state index contributed by atoms with van der Waals surface area (Å²) in [6.45, 7) is 7.33. The lowest BCUT2D eigenvalue weighted by Crippen LogP contribution is -2.38. The van der Waals surface area contributed by atoms with Gasteiger partial charge in [0.05, 0.1) is 37.3 Å². The van der Waals surface area contributed by atoms with Crippen LogP contribution in [0.2, 0.25) is 0 Å². The number of hydrogen-bond acceptors (Lipinski definition) is 7. The number of esters is 1. The van der Waals surface area contributed by atoms with E-state index in [1.165, 1.54) is 6.20 Å². The second-order valence-corrected chi connectivity index (χ2v) is 9.96. The number of hydrogen-bond donors (Lipinski definition) is 1. The second-order valence-electron chi connectivity index (χ2n) is 9.96. The SMILES string of the molecule is COc1ccc(Cn2ncc3c(N4CCC[C@H](CC(=O)OC(C)(C)C)C4)c(C(=O)O)cnc32)cc1. The van der Waals surface area contributed by atoms with Crippen LogP contribution in [0.15, 0.2) is 36.7 Å². The lowest BCUT2D eigenvalue weighted by Gasteiger charge is -2.35. The van der Waals surface area contributed by atoms with Crippen LogP contribution in [0.3, 0.4) is 0 Å². The molecular weight excluding hydrogens is 448 g/mol. The number of rotatable bonds is 7. The molecule has 1 N–H and O–H groups in total. The molecule has 0 aliphatic carbocycles. The Morgan fingerprint density at radius 2 is 1.91 bits per heavy atom. The number of carboxylic acids is 1. The Kier molecular flexibility index (Phi) is 6.95. The van der Waals surface area contributed by atoms with Crippen molar-refractivity contribution in [1.82, 2.24) is 14.8 Å². The molecule has 1 aromatic carbocycles. The maximum atomic E-state index is 12.4. The van der Waals surface area contributed by atoms with E-state index in [9.17, 15) is 14.7 Å². The van der Waals surface area contributed by atoms with Gasteiger partial charge >= 0.3 is 11.9 Å². The highest BCUT2D eigenvalue weighted by molar-refractivity contribution is 6.03. The van der Waals surface area contributed by atoms with Gasteiger partial charge in [-0.2, -0.15) is 5.10 Å². The summed E-state index contributed by atoms with van der Waals surface area (Å²) in [5.41, 5.74) is 1.86. The molecule has 4 rings (SSSR count). The maximum absolute atomic E-state index is 12.4. The fourth-order valence-corrected chi connectivity index (χ4v) is 4.58. The van der Waals surface area contributed by atoms with Crippen LogP contribution in [0, 0.1) is 5.92 Å². The van der Waals surface area contributed by atoms with Crippen molar-refractivity contribution in [2.45, 2.75) is 52.2 Å². The first kappa shape index (κ1) is 24.5. The number of aromatic carboxylic acids is 1. The number of carboxylic acid groups (broad SMARTS) is 1. The van der Waals surface area contributed by atoms with E-state index in [0.29, 0.717) is 42.8 Å². The largest absolute Gasteiger partial charge is 0.497 e. The minimum atomic E-state index is -1.04. The van der Waals surface area contributed by atoms with Crippen molar-refractivity contribution in [1.29, 1.82) is 0 Å². The van der Waals surface area contributed by atoms with E-state index in [0.717, 1.165) is 24.2 Å². The number of benzene rings is 1. The number of piperidine rings is 1. The van der Waals surface area contributed by atoms with Crippen LogP contribution in [0.4, 0.5) is 5.69 Å². The van der Waals surface area contributed by atoms with E-state index < -0.39 is 11.6 Å². The van der Waals surface area contributed by atoms with Gasteiger partial charge in [-0.05, 0) is 57.2 Å². The molecule has 0 amide bonds. The summed E-state index contributed by atoms with van der Waals surface area (Å²) < 4.78 is 12.5. The summed E-state index contributed by atoms with van der Waals surface area (Å²) in [6.07, 6.45) is 5.15. The predicted molar refractivity (Wildman–Crippen MR) is 132 cm³/mol. The highest BCUT2D eigenvalue weighted by atomic mass is 16.6. The molecule has 9 heteroatoms. The number of ether oxygens (including phenoxy) is 2. The predicted octanol–water partition coefficient (Wildman–Crippen LogP) is 4.13. The number of anilines is 1. The van der Waals surface area contributed by atoms with Gasteiger partial charge < -0.3 is 19.5 Å². The smallest absolute Gasteiger partial charge is 0.339 e. The Morgan fingerprint density at radius 1 is 1.17 bits per heavy atom. The molecule has 0 spiro atoms. The summed E-state index contributed by atoms with van der Waals surface area (Å²) in [4.78, 5) is 31.0. The van der Waals surface area contributed by atoms with Gasteiger partial charge in [-0.1, -0.05) is 12.1 Å². The normalized spacial score (nSPS) is 16.3. The molecule has 186 valence electrons. The molecule has 2 aromatic heterocycles. The Labute approximate surface area is 204 Å². The standard InChI is InChI=1S/C26H32N4O5/c1-26(2,3)35-22(31)12-18-6-5-11-29(15-18)23-20-14-28-30(24(20)27-13-21(23)25(32)33)16-17-7-9-19(34-4)10-8-17/h7-10,13-14,18H,5-6,11-12,15-16H2,1-4H3,(H,32,33)/t18-/m1/s1. The van der Waals surface area contributed by atoms with E-state index in [2.05, 4.69) is 15.0 Å². The van der Waals surface area contributed by atoms with Gasteiger partial charge in [0.15, 0.2) is 5.65 Å². The van der Waals surface area contributed by atoms with Gasteiger partial charge in [-0.25, -0.2) is 14.5 Å². The number of pyridine rings is 1. The first-order chi connectivity index (χ1) is 16.6. The van der Waals surface area contributed by atoms with E-state index in [1.807, 2.05) is 45.0 Å². The van der Waals surface area contributed by atoms with Crippen molar-refractivity contribution in [2.24, 2.45) is 5.92 Å². The van der Waals surface area contributed by atoms with Crippen molar-refractivity contribution >= 4 is 28.7 Å². The number of nitrogens with zero attached hydrogens (tertiary/aromatic N) is 4. The van der Waals surface area contributed by atoms with Gasteiger partial charge in [0.25, 0.3) is 0 Å². The van der Waals surface area contributed by atoms with Crippen molar-refractivity contribution in [3.8, 4) is 5.75 Å². The number of carbonyl (C=O) groups is 2. The quantitative estimate of drug-likeness (QED) is 0.503. The molecule has 0 radical (unpaired) electrons. The zero-order valence-corrected chi connectivity index (χ0v) is 20.7. The lowest BCUT2D eigenvalue weighted by molar-refractivity contribution is -0.156. The third-order valence-corrected chi connectivity index (χ3v) is 6.07. The molecule has 0 bridgehead atoms. The highest BCUT2D eigenvalue weighted by Crippen LogP contribution is 2.34. The zero-order valence-electron chi connectivity index (χ0n) is 20.7. The van der Waals surface area contributed by atoms with E-state index >= 15 is 0 Å². The molecule has 3 aromatic rings. The van der Waals surface area contributed by atoms with Gasteiger partial charge in [-0.15, -0.1) is 0 Å². The van der Waals surface area contributed by atoms with Crippen LogP contribution in [-0.2, 0) is 16.1 Å².